The molecule has 0 bridgehead atoms. The van der Waals surface area contributed by atoms with Crippen LogP contribution in [0.1, 0.15) is 17.5 Å². The van der Waals surface area contributed by atoms with Crippen LogP contribution in [0.5, 0.6) is 0 Å². The largest absolute Gasteiger partial charge is 0.433 e. The minimum Gasteiger partial charge on any atom is -0.389 e. The molecule has 0 aliphatic heterocycles. The van der Waals surface area contributed by atoms with Gasteiger partial charge in [0.25, 0.3) is 0 Å². The van der Waals surface area contributed by atoms with Crippen LogP contribution in [-0.2, 0) is 6.18 Å². The lowest BCUT2D eigenvalue weighted by Crippen LogP contribution is -2.28. The third kappa shape index (κ3) is 2.91. The Bertz CT molecular complexity index is 357. The first-order valence-corrected chi connectivity index (χ1v) is 4.46. The Morgan fingerprint density at radius 2 is 1.94 bits per heavy atom. The van der Waals surface area contributed by atoms with E-state index in [9.17, 15) is 23.4 Å². The van der Waals surface area contributed by atoms with E-state index in [-0.39, 0.29) is 12.2 Å². The van der Waals surface area contributed by atoms with E-state index in [0.29, 0.717) is 0 Å². The Balaban J connectivity index is 2.99. The van der Waals surface area contributed by atoms with E-state index in [0.717, 1.165) is 12.1 Å². The van der Waals surface area contributed by atoms with Crippen LogP contribution in [0.2, 0.25) is 0 Å². The molecule has 0 aliphatic rings. The number of rotatable bonds is 3. The zero-order chi connectivity index (χ0) is 12.3. The van der Waals surface area contributed by atoms with Crippen LogP contribution in [0.25, 0.3) is 0 Å². The van der Waals surface area contributed by atoms with Crippen molar-refractivity contribution >= 4 is 0 Å². The molecule has 0 saturated carbocycles. The van der Waals surface area contributed by atoms with E-state index in [1.54, 1.807) is 0 Å². The molecule has 4 nitrogen and oxygen atoms in total. The molecule has 1 aromatic heterocycles. The maximum Gasteiger partial charge on any atom is 0.433 e. The number of alkyl halides is 3. The summed E-state index contributed by atoms with van der Waals surface area (Å²) >= 11 is 0. The van der Waals surface area contributed by atoms with Crippen LogP contribution in [-0.4, -0.2) is 27.8 Å². The van der Waals surface area contributed by atoms with E-state index >= 15 is 0 Å². The van der Waals surface area contributed by atoms with E-state index in [1.807, 2.05) is 0 Å². The van der Waals surface area contributed by atoms with Gasteiger partial charge in [-0.1, -0.05) is 6.07 Å². The standard InChI is InChI=1S/C9H11F3N2O2/c10-9(11,12)7-3-1-2-5(14-7)8(16)6(15)4-13/h1-3,6,8,15-16H,4,13H2. The molecule has 90 valence electrons. The molecule has 0 aliphatic carbocycles. The SMILES string of the molecule is NCC(O)C(O)c1cccc(C(F)(F)F)n1. The number of halogens is 3. The smallest absolute Gasteiger partial charge is 0.389 e. The van der Waals surface area contributed by atoms with Crippen molar-refractivity contribution < 1.29 is 23.4 Å². The lowest BCUT2D eigenvalue weighted by Gasteiger charge is -2.16. The van der Waals surface area contributed by atoms with Gasteiger partial charge in [-0.2, -0.15) is 13.2 Å². The molecule has 0 saturated heterocycles. The normalized spacial score (nSPS) is 15.9. The Labute approximate surface area is 89.5 Å². The highest BCUT2D eigenvalue weighted by molar-refractivity contribution is 5.16. The van der Waals surface area contributed by atoms with Gasteiger partial charge in [0.2, 0.25) is 0 Å². The van der Waals surface area contributed by atoms with Crippen LogP contribution in [0.4, 0.5) is 13.2 Å². The molecule has 0 radical (unpaired) electrons. The number of hydrogen-bond donors (Lipinski definition) is 3. The number of nitrogens with two attached hydrogens (primary N) is 1. The van der Waals surface area contributed by atoms with Crippen molar-refractivity contribution in [3.63, 3.8) is 0 Å². The van der Waals surface area contributed by atoms with Crippen LogP contribution < -0.4 is 5.73 Å². The third-order valence-corrected chi connectivity index (χ3v) is 1.97. The second-order valence-corrected chi connectivity index (χ2v) is 3.19. The lowest BCUT2D eigenvalue weighted by molar-refractivity contribution is -0.141. The molecule has 1 rings (SSSR count). The minimum absolute atomic E-state index is 0.257. The summed E-state index contributed by atoms with van der Waals surface area (Å²) in [5.41, 5.74) is 3.70. The van der Waals surface area contributed by atoms with Gasteiger partial charge in [-0.05, 0) is 12.1 Å². The molecule has 0 fully saturated rings. The average molecular weight is 236 g/mol. The zero-order valence-electron chi connectivity index (χ0n) is 8.15. The Hall–Kier alpha value is -1.18. The van der Waals surface area contributed by atoms with E-state index < -0.39 is 24.1 Å². The van der Waals surface area contributed by atoms with Crippen LogP contribution in [0, 0.1) is 0 Å². The summed E-state index contributed by atoms with van der Waals surface area (Å²) in [6.07, 6.45) is -7.44. The second kappa shape index (κ2) is 4.77. The number of hydrogen-bond acceptors (Lipinski definition) is 4. The molecule has 7 heteroatoms. The fourth-order valence-electron chi connectivity index (χ4n) is 1.10. The van der Waals surface area contributed by atoms with Crippen LogP contribution in [0.3, 0.4) is 0 Å². The Morgan fingerprint density at radius 1 is 1.31 bits per heavy atom. The summed E-state index contributed by atoms with van der Waals surface area (Å²) in [4.78, 5) is 3.22. The first-order valence-electron chi connectivity index (χ1n) is 4.46. The Kier molecular flexibility index (Phi) is 3.84. The maximum atomic E-state index is 12.3. The number of aromatic nitrogens is 1. The number of nitrogens with zero attached hydrogens (tertiary/aromatic N) is 1. The first-order chi connectivity index (χ1) is 7.36. The van der Waals surface area contributed by atoms with Gasteiger partial charge in [-0.15, -0.1) is 0 Å². The predicted molar refractivity (Wildman–Crippen MR) is 49.3 cm³/mol. The summed E-state index contributed by atoms with van der Waals surface area (Å²) in [5.74, 6) is 0. The number of aliphatic hydroxyl groups is 2. The van der Waals surface area contributed by atoms with E-state index in [2.05, 4.69) is 4.98 Å². The molecule has 4 N–H and O–H groups in total. The minimum atomic E-state index is -4.58. The molecule has 1 heterocycles. The molecule has 16 heavy (non-hydrogen) atoms. The van der Waals surface area contributed by atoms with Gasteiger partial charge in [0, 0.05) is 6.54 Å². The molecule has 2 atom stereocenters. The van der Waals surface area contributed by atoms with Crippen LogP contribution >= 0.6 is 0 Å². The second-order valence-electron chi connectivity index (χ2n) is 3.19. The molecule has 0 amide bonds. The summed E-state index contributed by atoms with van der Waals surface area (Å²) in [6.45, 7) is -0.265. The first kappa shape index (κ1) is 12.9. The van der Waals surface area contributed by atoms with Gasteiger partial charge in [-0.3, -0.25) is 0 Å². The number of aliphatic hydroxyl groups excluding tert-OH is 2. The fraction of sp³-hybridized carbons (Fsp3) is 0.444. The van der Waals surface area contributed by atoms with Crippen molar-refractivity contribution in [1.29, 1.82) is 0 Å². The quantitative estimate of drug-likeness (QED) is 0.712. The summed E-state index contributed by atoms with van der Waals surface area (Å²) in [7, 11) is 0. The van der Waals surface area contributed by atoms with Gasteiger partial charge < -0.3 is 15.9 Å². The van der Waals surface area contributed by atoms with Crippen molar-refractivity contribution in [2.75, 3.05) is 6.54 Å². The summed E-state index contributed by atoms with van der Waals surface area (Å²) in [6, 6.07) is 3.08. The van der Waals surface area contributed by atoms with Crippen molar-refractivity contribution in [2.24, 2.45) is 5.73 Å². The Morgan fingerprint density at radius 3 is 2.44 bits per heavy atom. The molecule has 2 unspecified atom stereocenters. The molecular formula is C9H11F3N2O2. The summed E-state index contributed by atoms with van der Waals surface area (Å²) in [5, 5.41) is 18.6. The monoisotopic (exact) mass is 236 g/mol. The highest BCUT2D eigenvalue weighted by Crippen LogP contribution is 2.28. The van der Waals surface area contributed by atoms with Gasteiger partial charge in [0.15, 0.2) is 0 Å². The van der Waals surface area contributed by atoms with Gasteiger partial charge in [0.05, 0.1) is 11.8 Å². The molecule has 1 aromatic rings. The van der Waals surface area contributed by atoms with Gasteiger partial charge in [0.1, 0.15) is 11.8 Å². The van der Waals surface area contributed by atoms with Crippen molar-refractivity contribution in [1.82, 2.24) is 4.98 Å². The zero-order valence-corrected chi connectivity index (χ0v) is 8.15. The summed E-state index contributed by atoms with van der Waals surface area (Å²) < 4.78 is 36.8. The average Bonchev–Trinajstić information content (AvgIpc) is 2.26. The van der Waals surface area contributed by atoms with Gasteiger partial charge in [-0.25, -0.2) is 4.98 Å². The van der Waals surface area contributed by atoms with Crippen molar-refractivity contribution in [3.8, 4) is 0 Å². The molecule has 0 aromatic carbocycles. The van der Waals surface area contributed by atoms with Gasteiger partial charge >= 0.3 is 6.18 Å². The molecule has 0 spiro atoms. The third-order valence-electron chi connectivity index (χ3n) is 1.97. The number of pyridine rings is 1. The fourth-order valence-corrected chi connectivity index (χ4v) is 1.10. The van der Waals surface area contributed by atoms with Crippen molar-refractivity contribution in [2.45, 2.75) is 18.4 Å². The van der Waals surface area contributed by atoms with Crippen molar-refractivity contribution in [3.05, 3.63) is 29.6 Å². The maximum absolute atomic E-state index is 12.3. The predicted octanol–water partition coefficient (Wildman–Crippen LogP) is 0.453. The van der Waals surface area contributed by atoms with Crippen LogP contribution in [0.15, 0.2) is 18.2 Å². The van der Waals surface area contributed by atoms with E-state index in [4.69, 9.17) is 5.73 Å². The topological polar surface area (TPSA) is 79.4 Å². The lowest BCUT2D eigenvalue weighted by atomic mass is 10.1. The highest BCUT2D eigenvalue weighted by Gasteiger charge is 2.33. The highest BCUT2D eigenvalue weighted by atomic mass is 19.4. The van der Waals surface area contributed by atoms with E-state index in [1.165, 1.54) is 6.07 Å². The molecular weight excluding hydrogens is 225 g/mol.